The fourth-order valence-electron chi connectivity index (χ4n) is 2.61. The molecule has 0 bridgehead atoms. The fourth-order valence-corrected chi connectivity index (χ4v) is 2.61. The second kappa shape index (κ2) is 7.65. The Morgan fingerprint density at radius 1 is 1.00 bits per heavy atom. The van der Waals surface area contributed by atoms with Crippen LogP contribution in [0.4, 0.5) is 0 Å². The molecule has 132 valence electrons. The number of carbonyl (C=O) groups excluding carboxylic acids is 2. The Morgan fingerprint density at radius 3 is 2.54 bits per heavy atom. The molecule has 0 radical (unpaired) electrons. The van der Waals surface area contributed by atoms with Gasteiger partial charge in [-0.15, -0.1) is 0 Å². The van der Waals surface area contributed by atoms with Crippen LogP contribution >= 0.6 is 0 Å². The number of hydrogen-bond acceptors (Lipinski definition) is 3. The van der Waals surface area contributed by atoms with Crippen molar-refractivity contribution in [3.63, 3.8) is 0 Å². The van der Waals surface area contributed by atoms with Gasteiger partial charge in [-0.3, -0.25) is 14.4 Å². The number of H-pyrrole nitrogens is 1. The minimum atomic E-state index is -0.363. The minimum Gasteiger partial charge on any atom is -0.350 e. The maximum atomic E-state index is 12.1. The van der Waals surface area contributed by atoms with Gasteiger partial charge in [0.2, 0.25) is 5.91 Å². The lowest BCUT2D eigenvalue weighted by Crippen LogP contribution is -2.37. The second-order valence-electron chi connectivity index (χ2n) is 6.04. The van der Waals surface area contributed by atoms with Crippen LogP contribution in [0.15, 0.2) is 59.4 Å². The summed E-state index contributed by atoms with van der Waals surface area (Å²) in [5.41, 5.74) is 2.55. The molecule has 0 aliphatic rings. The Bertz CT molecular complexity index is 1010. The van der Waals surface area contributed by atoms with Gasteiger partial charge in [0.15, 0.2) is 0 Å². The largest absolute Gasteiger partial charge is 0.350 e. The van der Waals surface area contributed by atoms with Crippen LogP contribution in [0.3, 0.4) is 0 Å². The number of aryl methyl sites for hydroxylation is 1. The first kappa shape index (κ1) is 17.4. The number of hydrogen-bond donors (Lipinski definition) is 3. The molecule has 0 atom stereocenters. The summed E-state index contributed by atoms with van der Waals surface area (Å²) in [6, 6.07) is 16.2. The first-order valence-electron chi connectivity index (χ1n) is 8.25. The van der Waals surface area contributed by atoms with Gasteiger partial charge in [-0.05, 0) is 42.6 Å². The molecule has 26 heavy (non-hydrogen) atoms. The van der Waals surface area contributed by atoms with E-state index < -0.39 is 0 Å². The van der Waals surface area contributed by atoms with Crippen molar-refractivity contribution in [1.29, 1.82) is 0 Å². The number of aromatic nitrogens is 1. The van der Waals surface area contributed by atoms with Crippen LogP contribution in [0.2, 0.25) is 0 Å². The van der Waals surface area contributed by atoms with Gasteiger partial charge in [-0.2, -0.15) is 0 Å². The molecule has 2 aromatic carbocycles. The molecule has 0 saturated carbocycles. The summed E-state index contributed by atoms with van der Waals surface area (Å²) in [7, 11) is 0. The molecule has 6 nitrogen and oxygen atoms in total. The van der Waals surface area contributed by atoms with Gasteiger partial charge < -0.3 is 15.6 Å². The van der Waals surface area contributed by atoms with Gasteiger partial charge in [0.25, 0.3) is 11.5 Å². The summed E-state index contributed by atoms with van der Waals surface area (Å²) < 4.78 is 0. The van der Waals surface area contributed by atoms with E-state index in [-0.39, 0.29) is 30.5 Å². The Balaban J connectivity index is 1.59. The summed E-state index contributed by atoms with van der Waals surface area (Å²) in [5.74, 6) is -0.683. The van der Waals surface area contributed by atoms with Crippen LogP contribution in [0.25, 0.3) is 10.9 Å². The highest BCUT2D eigenvalue weighted by molar-refractivity contribution is 5.96. The fraction of sp³-hybridized carbons (Fsp3) is 0.150. The molecule has 0 aliphatic carbocycles. The predicted molar refractivity (Wildman–Crippen MR) is 99.9 cm³/mol. The molecule has 2 amide bonds. The van der Waals surface area contributed by atoms with Crippen LogP contribution in [-0.4, -0.2) is 23.3 Å². The quantitative estimate of drug-likeness (QED) is 0.657. The molecule has 3 aromatic rings. The topological polar surface area (TPSA) is 91.1 Å². The third kappa shape index (κ3) is 4.16. The van der Waals surface area contributed by atoms with Gasteiger partial charge in [-0.25, -0.2) is 0 Å². The molecule has 3 N–H and O–H groups in total. The minimum absolute atomic E-state index is 0.0965. The van der Waals surface area contributed by atoms with E-state index in [4.69, 9.17) is 0 Å². The van der Waals surface area contributed by atoms with Crippen molar-refractivity contribution in [2.75, 3.05) is 6.54 Å². The lowest BCUT2D eigenvalue weighted by Gasteiger charge is -2.08. The zero-order valence-electron chi connectivity index (χ0n) is 14.3. The number of aromatic amines is 1. The standard InChI is InChI=1S/C20H19N3O3/c1-13-7-8-17-15(9-13)10-16(20(26)23-17)11-21-18(24)12-22-19(25)14-5-3-2-4-6-14/h2-10H,11-12H2,1H3,(H,21,24)(H,22,25)(H,23,26). The molecule has 0 aliphatic heterocycles. The molecule has 0 saturated heterocycles. The lowest BCUT2D eigenvalue weighted by molar-refractivity contribution is -0.120. The molecule has 1 aromatic heterocycles. The van der Waals surface area contributed by atoms with E-state index in [9.17, 15) is 14.4 Å². The molecule has 3 rings (SSSR count). The van der Waals surface area contributed by atoms with Crippen molar-refractivity contribution < 1.29 is 9.59 Å². The van der Waals surface area contributed by atoms with Crippen LogP contribution < -0.4 is 16.2 Å². The maximum Gasteiger partial charge on any atom is 0.253 e. The van der Waals surface area contributed by atoms with Crippen LogP contribution in [0.5, 0.6) is 0 Å². The molecule has 0 spiro atoms. The Labute approximate surface area is 150 Å². The molecule has 0 unspecified atom stereocenters. The number of amides is 2. The number of pyridine rings is 1. The van der Waals surface area contributed by atoms with E-state index in [0.29, 0.717) is 11.1 Å². The highest BCUT2D eigenvalue weighted by Gasteiger charge is 2.09. The van der Waals surface area contributed by atoms with E-state index >= 15 is 0 Å². The van der Waals surface area contributed by atoms with Gasteiger partial charge >= 0.3 is 0 Å². The molecular formula is C20H19N3O3. The zero-order valence-corrected chi connectivity index (χ0v) is 14.3. The van der Waals surface area contributed by atoms with Crippen molar-refractivity contribution in [3.05, 3.63) is 81.6 Å². The number of rotatable bonds is 5. The number of benzene rings is 2. The molecular weight excluding hydrogens is 330 g/mol. The summed E-state index contributed by atoms with van der Waals surface area (Å²) in [6.45, 7) is 1.92. The predicted octanol–water partition coefficient (Wildman–Crippen LogP) is 1.88. The van der Waals surface area contributed by atoms with Crippen LogP contribution in [-0.2, 0) is 11.3 Å². The molecule has 1 heterocycles. The van der Waals surface area contributed by atoms with Crippen molar-refractivity contribution in [3.8, 4) is 0 Å². The van der Waals surface area contributed by atoms with Crippen LogP contribution in [0, 0.1) is 6.92 Å². The van der Waals surface area contributed by atoms with E-state index in [1.54, 1.807) is 30.3 Å². The van der Waals surface area contributed by atoms with Gasteiger partial charge in [0.05, 0.1) is 6.54 Å². The smallest absolute Gasteiger partial charge is 0.253 e. The van der Waals surface area contributed by atoms with E-state index in [0.717, 1.165) is 16.5 Å². The summed E-state index contributed by atoms with van der Waals surface area (Å²) in [4.78, 5) is 38.8. The van der Waals surface area contributed by atoms with Gasteiger partial charge in [0.1, 0.15) is 0 Å². The lowest BCUT2D eigenvalue weighted by atomic mass is 10.1. The van der Waals surface area contributed by atoms with E-state index in [2.05, 4.69) is 15.6 Å². The maximum absolute atomic E-state index is 12.1. The monoisotopic (exact) mass is 349 g/mol. The molecule has 6 heteroatoms. The highest BCUT2D eigenvalue weighted by Crippen LogP contribution is 2.13. The third-order valence-electron chi connectivity index (χ3n) is 4.00. The second-order valence-corrected chi connectivity index (χ2v) is 6.04. The van der Waals surface area contributed by atoms with Gasteiger partial charge in [-0.1, -0.05) is 29.8 Å². The number of nitrogens with one attached hydrogen (secondary N) is 3. The van der Waals surface area contributed by atoms with Crippen LogP contribution in [0.1, 0.15) is 21.5 Å². The highest BCUT2D eigenvalue weighted by atomic mass is 16.2. The summed E-state index contributed by atoms with van der Waals surface area (Å²) in [5, 5.41) is 6.11. The van der Waals surface area contributed by atoms with Crippen molar-refractivity contribution >= 4 is 22.7 Å². The third-order valence-corrected chi connectivity index (χ3v) is 4.00. The normalized spacial score (nSPS) is 10.5. The molecule has 0 fully saturated rings. The first-order valence-corrected chi connectivity index (χ1v) is 8.25. The Kier molecular flexibility index (Phi) is 5.12. The zero-order chi connectivity index (χ0) is 18.5. The Morgan fingerprint density at radius 2 is 1.77 bits per heavy atom. The van der Waals surface area contributed by atoms with Crippen molar-refractivity contribution in [2.24, 2.45) is 0 Å². The van der Waals surface area contributed by atoms with E-state index in [1.807, 2.05) is 31.2 Å². The SMILES string of the molecule is Cc1ccc2[nH]c(=O)c(CNC(=O)CNC(=O)c3ccccc3)cc2c1. The summed E-state index contributed by atoms with van der Waals surface area (Å²) >= 11 is 0. The summed E-state index contributed by atoms with van der Waals surface area (Å²) in [6.07, 6.45) is 0. The van der Waals surface area contributed by atoms with Crippen molar-refractivity contribution in [1.82, 2.24) is 15.6 Å². The average molecular weight is 349 g/mol. The first-order chi connectivity index (χ1) is 12.5. The average Bonchev–Trinajstić information content (AvgIpc) is 2.65. The van der Waals surface area contributed by atoms with Crippen molar-refractivity contribution in [2.45, 2.75) is 13.5 Å². The number of fused-ring (bicyclic) bond motifs is 1. The van der Waals surface area contributed by atoms with E-state index in [1.165, 1.54) is 0 Å². The Hall–Kier alpha value is -3.41. The number of carbonyl (C=O) groups is 2. The van der Waals surface area contributed by atoms with Gasteiger partial charge in [0, 0.05) is 23.2 Å².